The number of aromatic nitrogens is 1. The van der Waals surface area contributed by atoms with Crippen LogP contribution in [-0.4, -0.2) is 25.2 Å². The Balaban J connectivity index is 2.02. The molecule has 0 aliphatic heterocycles. The molecular formula is C19H16NO4S-. The van der Waals surface area contributed by atoms with E-state index in [0.717, 1.165) is 27.6 Å². The van der Waals surface area contributed by atoms with Gasteiger partial charge in [-0.3, -0.25) is 0 Å². The number of carbonyl (C=O) groups is 1. The molecule has 0 aliphatic rings. The Morgan fingerprint density at radius 2 is 1.48 bits per heavy atom. The number of methoxy groups -OCH3 is 2. The first-order chi connectivity index (χ1) is 12.1. The van der Waals surface area contributed by atoms with Crippen LogP contribution in [0.15, 0.2) is 48.5 Å². The van der Waals surface area contributed by atoms with Crippen LogP contribution in [-0.2, 0) is 11.2 Å². The monoisotopic (exact) mass is 354 g/mol. The third-order valence-electron chi connectivity index (χ3n) is 3.70. The molecule has 0 aliphatic carbocycles. The van der Waals surface area contributed by atoms with Crippen LogP contribution in [0.1, 0.15) is 4.88 Å². The molecule has 1 heterocycles. The zero-order valence-electron chi connectivity index (χ0n) is 13.8. The molecule has 6 heteroatoms. The second-order valence-corrected chi connectivity index (χ2v) is 6.38. The highest BCUT2D eigenvalue weighted by atomic mass is 32.1. The number of benzene rings is 2. The lowest BCUT2D eigenvalue weighted by atomic mass is 10.1. The molecule has 0 unspecified atom stereocenters. The highest BCUT2D eigenvalue weighted by molar-refractivity contribution is 7.15. The summed E-state index contributed by atoms with van der Waals surface area (Å²) in [6.45, 7) is 0. The summed E-state index contributed by atoms with van der Waals surface area (Å²) < 4.78 is 10.3. The number of thiazole rings is 1. The van der Waals surface area contributed by atoms with E-state index in [4.69, 9.17) is 9.47 Å². The van der Waals surface area contributed by atoms with Crippen LogP contribution in [0.25, 0.3) is 21.8 Å². The summed E-state index contributed by atoms with van der Waals surface area (Å²) in [4.78, 5) is 16.4. The fourth-order valence-corrected chi connectivity index (χ4v) is 3.51. The second kappa shape index (κ2) is 7.36. The van der Waals surface area contributed by atoms with Crippen molar-refractivity contribution in [2.75, 3.05) is 14.2 Å². The lowest BCUT2D eigenvalue weighted by Gasteiger charge is -2.04. The van der Waals surface area contributed by atoms with Gasteiger partial charge in [0.15, 0.2) is 0 Å². The number of hydrogen-bond donors (Lipinski definition) is 0. The van der Waals surface area contributed by atoms with Gasteiger partial charge in [0.05, 0.1) is 19.9 Å². The molecule has 25 heavy (non-hydrogen) atoms. The fraction of sp³-hybridized carbons (Fsp3) is 0.158. The quantitative estimate of drug-likeness (QED) is 0.681. The maximum absolute atomic E-state index is 11.1. The van der Waals surface area contributed by atoms with E-state index in [2.05, 4.69) is 4.98 Å². The van der Waals surface area contributed by atoms with Crippen molar-refractivity contribution in [1.29, 1.82) is 0 Å². The molecule has 0 radical (unpaired) electrons. The minimum absolute atomic E-state index is 0.171. The van der Waals surface area contributed by atoms with E-state index < -0.39 is 5.97 Å². The molecule has 2 aromatic carbocycles. The maximum Gasteiger partial charge on any atom is 0.124 e. The molecule has 0 bridgehead atoms. The first kappa shape index (κ1) is 17.0. The van der Waals surface area contributed by atoms with Crippen molar-refractivity contribution in [3.63, 3.8) is 0 Å². The number of carboxylic acids is 1. The van der Waals surface area contributed by atoms with Crippen molar-refractivity contribution >= 4 is 17.3 Å². The van der Waals surface area contributed by atoms with Crippen LogP contribution in [0.2, 0.25) is 0 Å². The topological polar surface area (TPSA) is 71.5 Å². The van der Waals surface area contributed by atoms with Crippen LogP contribution in [0.5, 0.6) is 11.5 Å². The number of carbonyl (C=O) groups excluding carboxylic acids is 1. The number of rotatable bonds is 6. The van der Waals surface area contributed by atoms with E-state index in [0.29, 0.717) is 10.6 Å². The van der Waals surface area contributed by atoms with Crippen LogP contribution < -0.4 is 14.6 Å². The largest absolute Gasteiger partial charge is 0.550 e. The molecule has 1 aromatic heterocycles. The Labute approximate surface area is 149 Å². The van der Waals surface area contributed by atoms with E-state index in [1.165, 1.54) is 11.3 Å². The molecule has 0 N–H and O–H groups in total. The van der Waals surface area contributed by atoms with E-state index in [1.54, 1.807) is 14.2 Å². The Morgan fingerprint density at radius 1 is 0.960 bits per heavy atom. The molecule has 3 aromatic rings. The normalized spacial score (nSPS) is 10.5. The van der Waals surface area contributed by atoms with Crippen LogP contribution in [0.4, 0.5) is 0 Å². The highest BCUT2D eigenvalue weighted by Gasteiger charge is 2.15. The van der Waals surface area contributed by atoms with Gasteiger partial charge in [0, 0.05) is 28.4 Å². The highest BCUT2D eigenvalue weighted by Crippen LogP contribution is 2.35. The van der Waals surface area contributed by atoms with Gasteiger partial charge in [-0.1, -0.05) is 0 Å². The summed E-state index contributed by atoms with van der Waals surface area (Å²) >= 11 is 1.36. The van der Waals surface area contributed by atoms with Gasteiger partial charge in [-0.05, 0) is 48.5 Å². The Bertz CT molecular complexity index is 869. The van der Waals surface area contributed by atoms with Crippen LogP contribution >= 0.6 is 11.3 Å². The van der Waals surface area contributed by atoms with Crippen molar-refractivity contribution < 1.29 is 19.4 Å². The number of aliphatic carboxylic acids is 1. The molecule has 5 nitrogen and oxygen atoms in total. The fourth-order valence-electron chi connectivity index (χ4n) is 2.43. The zero-order valence-corrected chi connectivity index (χ0v) is 14.6. The van der Waals surface area contributed by atoms with Gasteiger partial charge in [0.1, 0.15) is 16.5 Å². The summed E-state index contributed by atoms with van der Waals surface area (Å²) in [5.41, 5.74) is 2.40. The molecule has 0 fully saturated rings. The first-order valence-corrected chi connectivity index (χ1v) is 8.40. The third-order valence-corrected chi connectivity index (χ3v) is 4.81. The number of carboxylic acid groups (broad SMARTS) is 1. The Kier molecular flexibility index (Phi) is 5.00. The van der Waals surface area contributed by atoms with Gasteiger partial charge in [-0.15, -0.1) is 11.3 Å². The summed E-state index contributed by atoms with van der Waals surface area (Å²) in [5.74, 6) is 0.362. The van der Waals surface area contributed by atoms with Crippen LogP contribution in [0, 0.1) is 0 Å². The van der Waals surface area contributed by atoms with E-state index in [-0.39, 0.29) is 6.42 Å². The van der Waals surface area contributed by atoms with E-state index in [9.17, 15) is 9.90 Å². The minimum Gasteiger partial charge on any atom is -0.550 e. The lowest BCUT2D eigenvalue weighted by Crippen LogP contribution is -2.24. The summed E-state index contributed by atoms with van der Waals surface area (Å²) in [6, 6.07) is 14.9. The molecule has 0 atom stereocenters. The van der Waals surface area contributed by atoms with Crippen molar-refractivity contribution in [2.45, 2.75) is 6.42 Å². The average Bonchev–Trinajstić information content (AvgIpc) is 3.05. The second-order valence-electron chi connectivity index (χ2n) is 5.30. The summed E-state index contributed by atoms with van der Waals surface area (Å²) in [7, 11) is 3.21. The first-order valence-electron chi connectivity index (χ1n) is 7.59. The van der Waals surface area contributed by atoms with Gasteiger partial charge < -0.3 is 19.4 Å². The molecule has 0 saturated carbocycles. The van der Waals surface area contributed by atoms with Gasteiger partial charge in [-0.2, -0.15) is 0 Å². The van der Waals surface area contributed by atoms with Crippen molar-refractivity contribution in [3.8, 4) is 33.3 Å². The molecule has 0 spiro atoms. The van der Waals surface area contributed by atoms with Crippen molar-refractivity contribution in [2.24, 2.45) is 0 Å². The molecule has 128 valence electrons. The molecule has 0 amide bonds. The average molecular weight is 354 g/mol. The smallest absolute Gasteiger partial charge is 0.124 e. The zero-order chi connectivity index (χ0) is 17.8. The van der Waals surface area contributed by atoms with Crippen molar-refractivity contribution in [3.05, 3.63) is 53.4 Å². The predicted molar refractivity (Wildman–Crippen MR) is 94.8 cm³/mol. The third kappa shape index (κ3) is 3.80. The van der Waals surface area contributed by atoms with Gasteiger partial charge >= 0.3 is 0 Å². The lowest BCUT2D eigenvalue weighted by molar-refractivity contribution is -0.304. The van der Waals surface area contributed by atoms with Crippen molar-refractivity contribution in [1.82, 2.24) is 4.98 Å². The molecular weight excluding hydrogens is 338 g/mol. The summed E-state index contributed by atoms with van der Waals surface area (Å²) in [6.07, 6.45) is -0.171. The van der Waals surface area contributed by atoms with Gasteiger partial charge in [0.2, 0.25) is 0 Å². The SMILES string of the molecule is COc1ccc(-c2nc(-c3ccc(OC)cc3)c(CC(=O)[O-])s2)cc1. The van der Waals surface area contributed by atoms with E-state index >= 15 is 0 Å². The number of hydrogen-bond acceptors (Lipinski definition) is 6. The number of nitrogens with zero attached hydrogens (tertiary/aromatic N) is 1. The Morgan fingerprint density at radius 3 is 1.96 bits per heavy atom. The predicted octanol–water partition coefficient (Wildman–Crippen LogP) is 2.79. The van der Waals surface area contributed by atoms with Gasteiger partial charge in [-0.25, -0.2) is 4.98 Å². The van der Waals surface area contributed by atoms with Gasteiger partial charge in [0.25, 0.3) is 0 Å². The molecule has 0 saturated heterocycles. The number of ether oxygens (including phenoxy) is 2. The molecule has 3 rings (SSSR count). The standard InChI is InChI=1S/C19H17NO4S/c1-23-14-7-3-12(4-8-14)18-16(11-17(21)22)25-19(20-18)13-5-9-15(24-2)10-6-13/h3-10H,11H2,1-2H3,(H,21,22)/p-1. The summed E-state index contributed by atoms with van der Waals surface area (Å²) in [5, 5.41) is 11.9. The van der Waals surface area contributed by atoms with Crippen LogP contribution in [0.3, 0.4) is 0 Å². The minimum atomic E-state index is -1.13. The van der Waals surface area contributed by atoms with E-state index in [1.807, 2.05) is 48.5 Å². The maximum atomic E-state index is 11.1. The Hall–Kier alpha value is -2.86.